The van der Waals surface area contributed by atoms with Crippen molar-refractivity contribution in [3.05, 3.63) is 45.6 Å². The molecular weight excluding hydrogens is 338 g/mol. The Balaban J connectivity index is 2.41. The molecule has 0 aliphatic heterocycles. The van der Waals surface area contributed by atoms with Gasteiger partial charge in [-0.25, -0.2) is 0 Å². The number of hydrogen-bond acceptors (Lipinski definition) is 3. The highest BCUT2D eigenvalue weighted by Gasteiger charge is 2.13. The van der Waals surface area contributed by atoms with E-state index in [1.165, 1.54) is 6.07 Å². The Labute approximate surface area is 122 Å². The molecule has 2 rings (SSSR count). The van der Waals surface area contributed by atoms with E-state index in [4.69, 9.17) is 16.0 Å². The second-order valence-corrected chi connectivity index (χ2v) is 4.77. The summed E-state index contributed by atoms with van der Waals surface area (Å²) in [5.41, 5.74) is 0.796. The fourth-order valence-corrected chi connectivity index (χ4v) is 2.34. The summed E-state index contributed by atoms with van der Waals surface area (Å²) in [5, 5.41) is 2.62. The van der Waals surface area contributed by atoms with Gasteiger partial charge in [-0.15, -0.1) is 4.99 Å². The number of rotatable bonds is 2. The average molecular weight is 343 g/mol. The Morgan fingerprint density at radius 2 is 2.17 bits per heavy atom. The van der Waals surface area contributed by atoms with Gasteiger partial charge in [0.05, 0.1) is 5.16 Å². The van der Waals surface area contributed by atoms with Crippen LogP contribution in [0.2, 0.25) is 5.02 Å². The average Bonchev–Trinajstić information content (AvgIpc) is 2.78. The van der Waals surface area contributed by atoms with Crippen LogP contribution in [0.3, 0.4) is 0 Å². The van der Waals surface area contributed by atoms with Crippen LogP contribution >= 0.6 is 39.7 Å². The molecule has 0 fully saturated rings. The minimum absolute atomic E-state index is 0.115. The van der Waals surface area contributed by atoms with Crippen LogP contribution in [0.5, 0.6) is 0 Å². The number of carbonyl (C=O) groups excluding carboxylic acids is 1. The van der Waals surface area contributed by atoms with Gasteiger partial charge in [-0.2, -0.15) is 0 Å². The third-order valence-corrected chi connectivity index (χ3v) is 3.14. The summed E-state index contributed by atoms with van der Waals surface area (Å²) in [7, 11) is 0. The van der Waals surface area contributed by atoms with Crippen LogP contribution in [-0.4, -0.2) is 11.1 Å². The van der Waals surface area contributed by atoms with Crippen molar-refractivity contribution in [1.29, 1.82) is 0 Å². The zero-order chi connectivity index (χ0) is 13.1. The molecule has 0 spiro atoms. The Morgan fingerprint density at radius 1 is 1.39 bits per heavy atom. The number of carbonyl (C=O) groups is 1. The number of amides is 1. The molecule has 1 aromatic heterocycles. The molecule has 6 heteroatoms. The molecule has 90 valence electrons. The van der Waals surface area contributed by atoms with E-state index in [1.807, 2.05) is 5.16 Å². The summed E-state index contributed by atoms with van der Waals surface area (Å²) in [5.74, 6) is 0.104. The molecule has 0 atom stereocenters. The van der Waals surface area contributed by atoms with Gasteiger partial charge in [0.25, 0.3) is 0 Å². The van der Waals surface area contributed by atoms with Crippen LogP contribution in [0.4, 0.5) is 0 Å². The molecule has 0 N–H and O–H groups in total. The zero-order valence-electron chi connectivity index (χ0n) is 8.81. The molecule has 1 amide bonds. The first-order valence-corrected chi connectivity index (χ1v) is 6.37. The van der Waals surface area contributed by atoms with Crippen molar-refractivity contribution in [3.63, 3.8) is 0 Å². The smallest absolute Gasteiger partial charge is 0.321 e. The summed E-state index contributed by atoms with van der Waals surface area (Å²) in [6.07, 6.45) is 0. The van der Waals surface area contributed by atoms with Gasteiger partial charge in [0, 0.05) is 15.1 Å². The number of hydrogen-bond donors (Lipinski definition) is 0. The number of isothiocyanates is 1. The van der Waals surface area contributed by atoms with Crippen LogP contribution in [0, 0.1) is 0 Å². The van der Waals surface area contributed by atoms with Crippen molar-refractivity contribution in [1.82, 2.24) is 0 Å². The highest BCUT2D eigenvalue weighted by Crippen LogP contribution is 2.31. The molecule has 0 radical (unpaired) electrons. The lowest BCUT2D eigenvalue weighted by molar-refractivity contribution is 0.0978. The third-order valence-electron chi connectivity index (χ3n) is 2.16. The molecular formula is C12H5BrClNO2S. The molecule has 0 bridgehead atoms. The maximum absolute atomic E-state index is 11.4. The van der Waals surface area contributed by atoms with Gasteiger partial charge in [0.2, 0.25) is 0 Å². The molecule has 0 aliphatic rings. The summed E-state index contributed by atoms with van der Waals surface area (Å²) in [6, 6.07) is 8.49. The number of benzene rings is 1. The van der Waals surface area contributed by atoms with Gasteiger partial charge in [-0.3, -0.25) is 4.79 Å². The Kier molecular flexibility index (Phi) is 4.09. The maximum atomic E-state index is 11.4. The lowest BCUT2D eigenvalue weighted by Crippen LogP contribution is -1.89. The van der Waals surface area contributed by atoms with Crippen LogP contribution in [0.15, 0.2) is 44.2 Å². The summed E-state index contributed by atoms with van der Waals surface area (Å²) < 4.78 is 6.18. The van der Waals surface area contributed by atoms with E-state index in [0.717, 1.165) is 10.0 Å². The highest BCUT2D eigenvalue weighted by atomic mass is 79.9. The highest BCUT2D eigenvalue weighted by molar-refractivity contribution is 9.10. The van der Waals surface area contributed by atoms with Crippen LogP contribution in [0.1, 0.15) is 10.6 Å². The molecule has 0 saturated carbocycles. The van der Waals surface area contributed by atoms with Gasteiger partial charge in [0.1, 0.15) is 5.76 Å². The van der Waals surface area contributed by atoms with Crippen molar-refractivity contribution in [3.8, 4) is 11.3 Å². The molecule has 0 unspecified atom stereocenters. The number of aliphatic imine (C=N–C) groups is 1. The van der Waals surface area contributed by atoms with Crippen molar-refractivity contribution in [2.75, 3.05) is 0 Å². The standard InChI is InChI=1S/C12H5BrClNO2S/c13-9-5-7(14)1-2-8(9)10-3-4-11(17-10)12(16)15-6-18/h1-5H. The second kappa shape index (κ2) is 5.59. The molecule has 18 heavy (non-hydrogen) atoms. The van der Waals surface area contributed by atoms with Crippen molar-refractivity contribution >= 4 is 50.8 Å². The molecule has 3 nitrogen and oxygen atoms in total. The molecule has 0 saturated heterocycles. The van der Waals surface area contributed by atoms with Gasteiger partial charge in [-0.05, 0) is 58.5 Å². The van der Waals surface area contributed by atoms with E-state index < -0.39 is 5.91 Å². The Morgan fingerprint density at radius 3 is 2.83 bits per heavy atom. The predicted molar refractivity (Wildman–Crippen MR) is 76.2 cm³/mol. The van der Waals surface area contributed by atoms with Crippen molar-refractivity contribution < 1.29 is 9.21 Å². The van der Waals surface area contributed by atoms with E-state index in [9.17, 15) is 4.79 Å². The third kappa shape index (κ3) is 2.76. The first-order chi connectivity index (χ1) is 8.61. The molecule has 1 heterocycles. The maximum Gasteiger partial charge on any atom is 0.321 e. The quantitative estimate of drug-likeness (QED) is 0.591. The molecule has 2 aromatic rings. The zero-order valence-corrected chi connectivity index (χ0v) is 12.0. The lowest BCUT2D eigenvalue weighted by Gasteiger charge is -2.01. The largest absolute Gasteiger partial charge is 0.451 e. The van der Waals surface area contributed by atoms with Gasteiger partial charge < -0.3 is 4.42 Å². The van der Waals surface area contributed by atoms with Crippen molar-refractivity contribution in [2.24, 2.45) is 4.99 Å². The minimum Gasteiger partial charge on any atom is -0.451 e. The molecule has 1 aromatic carbocycles. The number of thiocarbonyl (C=S) groups is 1. The number of furan rings is 1. The van der Waals surface area contributed by atoms with Gasteiger partial charge in [0.15, 0.2) is 5.76 Å². The van der Waals surface area contributed by atoms with E-state index in [-0.39, 0.29) is 5.76 Å². The Bertz CT molecular complexity index is 662. The monoisotopic (exact) mass is 341 g/mol. The lowest BCUT2D eigenvalue weighted by atomic mass is 10.2. The number of nitrogens with zero attached hydrogens (tertiary/aromatic N) is 1. The SMILES string of the molecule is O=C(N=C=S)c1ccc(-c2ccc(Cl)cc2Br)o1. The van der Waals surface area contributed by atoms with Crippen LogP contribution in [-0.2, 0) is 0 Å². The topological polar surface area (TPSA) is 42.6 Å². The molecule has 0 aliphatic carbocycles. The fraction of sp³-hybridized carbons (Fsp3) is 0. The van der Waals surface area contributed by atoms with E-state index >= 15 is 0 Å². The summed E-state index contributed by atoms with van der Waals surface area (Å²) >= 11 is 13.6. The van der Waals surface area contributed by atoms with Crippen LogP contribution < -0.4 is 0 Å². The van der Waals surface area contributed by atoms with E-state index in [1.54, 1.807) is 24.3 Å². The normalized spacial score (nSPS) is 9.89. The minimum atomic E-state index is -0.554. The van der Waals surface area contributed by atoms with Crippen molar-refractivity contribution in [2.45, 2.75) is 0 Å². The number of halogens is 2. The van der Waals surface area contributed by atoms with E-state index in [2.05, 4.69) is 33.1 Å². The first-order valence-electron chi connectivity index (χ1n) is 4.79. The van der Waals surface area contributed by atoms with E-state index in [0.29, 0.717) is 10.8 Å². The second-order valence-electron chi connectivity index (χ2n) is 3.30. The van der Waals surface area contributed by atoms with Gasteiger partial charge >= 0.3 is 5.91 Å². The summed E-state index contributed by atoms with van der Waals surface area (Å²) in [6.45, 7) is 0. The van der Waals surface area contributed by atoms with Crippen LogP contribution in [0.25, 0.3) is 11.3 Å². The summed E-state index contributed by atoms with van der Waals surface area (Å²) in [4.78, 5) is 14.7. The fourth-order valence-electron chi connectivity index (χ4n) is 1.38. The first kappa shape index (κ1) is 13.2. The Hall–Kier alpha value is -1.26. The van der Waals surface area contributed by atoms with Gasteiger partial charge in [-0.1, -0.05) is 11.6 Å². The predicted octanol–water partition coefficient (Wildman–Crippen LogP) is 4.61.